The lowest BCUT2D eigenvalue weighted by Crippen LogP contribution is -2.11. The molecular formula is C13H17NOS2. The zero-order chi connectivity index (χ0) is 12.5. The number of aliphatic hydroxyl groups excluding tert-OH is 1. The fourth-order valence-electron chi connectivity index (χ4n) is 1.51. The summed E-state index contributed by atoms with van der Waals surface area (Å²) in [6.45, 7) is 6.42. The zero-order valence-corrected chi connectivity index (χ0v) is 11.9. The molecule has 2 aromatic rings. The topological polar surface area (TPSA) is 33.1 Å². The fourth-order valence-corrected chi connectivity index (χ4v) is 3.20. The highest BCUT2D eigenvalue weighted by molar-refractivity contribution is 7.10. The van der Waals surface area contributed by atoms with Gasteiger partial charge in [0.1, 0.15) is 6.10 Å². The molecule has 1 N–H and O–H groups in total. The SMILES string of the molecule is CC(C)(C)c1nc(C(O)Cc2cccs2)cs1. The summed E-state index contributed by atoms with van der Waals surface area (Å²) in [5.41, 5.74) is 0.860. The molecule has 0 bridgehead atoms. The van der Waals surface area contributed by atoms with Crippen LogP contribution in [0.25, 0.3) is 0 Å². The zero-order valence-electron chi connectivity index (χ0n) is 10.3. The molecule has 1 atom stereocenters. The average Bonchev–Trinajstić information content (AvgIpc) is 2.85. The Hall–Kier alpha value is -0.710. The summed E-state index contributed by atoms with van der Waals surface area (Å²) in [5, 5.41) is 15.2. The third-order valence-electron chi connectivity index (χ3n) is 2.48. The first-order chi connectivity index (χ1) is 7.97. The molecule has 0 fully saturated rings. The molecule has 0 radical (unpaired) electrons. The molecule has 0 aliphatic rings. The van der Waals surface area contributed by atoms with Gasteiger partial charge in [-0.15, -0.1) is 22.7 Å². The maximum Gasteiger partial charge on any atom is 0.102 e. The smallest absolute Gasteiger partial charge is 0.102 e. The van der Waals surface area contributed by atoms with E-state index in [1.54, 1.807) is 22.7 Å². The van der Waals surface area contributed by atoms with Crippen LogP contribution in [-0.2, 0) is 11.8 Å². The van der Waals surface area contributed by atoms with E-state index in [9.17, 15) is 5.11 Å². The highest BCUT2D eigenvalue weighted by Gasteiger charge is 2.20. The number of thiazole rings is 1. The summed E-state index contributed by atoms with van der Waals surface area (Å²) < 4.78 is 0. The van der Waals surface area contributed by atoms with Gasteiger partial charge in [0, 0.05) is 22.1 Å². The Morgan fingerprint density at radius 1 is 1.35 bits per heavy atom. The van der Waals surface area contributed by atoms with E-state index >= 15 is 0 Å². The lowest BCUT2D eigenvalue weighted by Gasteiger charge is -2.14. The van der Waals surface area contributed by atoms with Crippen molar-refractivity contribution in [2.45, 2.75) is 38.7 Å². The molecule has 2 heterocycles. The first-order valence-corrected chi connectivity index (χ1v) is 7.39. The van der Waals surface area contributed by atoms with Gasteiger partial charge in [0.2, 0.25) is 0 Å². The third kappa shape index (κ3) is 3.15. The van der Waals surface area contributed by atoms with Crippen molar-refractivity contribution in [1.29, 1.82) is 0 Å². The van der Waals surface area contributed by atoms with E-state index in [2.05, 4.69) is 25.8 Å². The summed E-state index contributed by atoms with van der Waals surface area (Å²) in [5.74, 6) is 0. The van der Waals surface area contributed by atoms with Crippen LogP contribution < -0.4 is 0 Å². The van der Waals surface area contributed by atoms with Crippen molar-refractivity contribution in [3.8, 4) is 0 Å². The molecule has 0 aromatic carbocycles. The highest BCUT2D eigenvalue weighted by atomic mass is 32.1. The number of thiophene rings is 1. The molecule has 0 aliphatic heterocycles. The summed E-state index contributed by atoms with van der Waals surface area (Å²) in [4.78, 5) is 5.73. The van der Waals surface area contributed by atoms with Gasteiger partial charge in [-0.05, 0) is 11.4 Å². The summed E-state index contributed by atoms with van der Waals surface area (Å²) >= 11 is 3.30. The number of hydrogen-bond donors (Lipinski definition) is 1. The standard InChI is InChI=1S/C13H17NOS2/c1-13(2,3)12-14-10(8-17-12)11(15)7-9-5-4-6-16-9/h4-6,8,11,15H,7H2,1-3H3. The summed E-state index contributed by atoms with van der Waals surface area (Å²) in [6.07, 6.45) is 0.173. The molecule has 2 rings (SSSR count). The van der Waals surface area contributed by atoms with E-state index in [0.29, 0.717) is 6.42 Å². The van der Waals surface area contributed by atoms with Gasteiger partial charge in [0.25, 0.3) is 0 Å². The van der Waals surface area contributed by atoms with Gasteiger partial charge in [-0.2, -0.15) is 0 Å². The average molecular weight is 267 g/mol. The number of aromatic nitrogens is 1. The molecule has 0 saturated carbocycles. The lowest BCUT2D eigenvalue weighted by molar-refractivity contribution is 0.175. The number of aliphatic hydroxyl groups is 1. The molecule has 17 heavy (non-hydrogen) atoms. The van der Waals surface area contributed by atoms with E-state index in [1.807, 2.05) is 22.9 Å². The Kier molecular flexibility index (Phi) is 3.66. The van der Waals surface area contributed by atoms with E-state index in [1.165, 1.54) is 4.88 Å². The molecule has 2 aromatic heterocycles. The second kappa shape index (κ2) is 4.88. The van der Waals surface area contributed by atoms with Crippen LogP contribution in [0.3, 0.4) is 0 Å². The number of rotatable bonds is 3. The van der Waals surface area contributed by atoms with Crippen molar-refractivity contribution in [3.05, 3.63) is 38.5 Å². The number of nitrogens with zero attached hydrogens (tertiary/aromatic N) is 1. The van der Waals surface area contributed by atoms with Crippen LogP contribution in [0.2, 0.25) is 0 Å². The fraction of sp³-hybridized carbons (Fsp3) is 0.462. The van der Waals surface area contributed by atoms with Gasteiger partial charge in [-0.1, -0.05) is 26.8 Å². The van der Waals surface area contributed by atoms with Gasteiger partial charge < -0.3 is 5.11 Å². The first kappa shape index (κ1) is 12.7. The van der Waals surface area contributed by atoms with Crippen molar-refractivity contribution in [3.63, 3.8) is 0 Å². The van der Waals surface area contributed by atoms with Gasteiger partial charge in [-0.25, -0.2) is 4.98 Å². The van der Waals surface area contributed by atoms with Gasteiger partial charge in [-0.3, -0.25) is 0 Å². The summed E-state index contributed by atoms with van der Waals surface area (Å²) in [7, 11) is 0. The van der Waals surface area contributed by atoms with Crippen molar-refractivity contribution >= 4 is 22.7 Å². The second-order valence-electron chi connectivity index (χ2n) is 5.13. The molecule has 4 heteroatoms. The minimum Gasteiger partial charge on any atom is -0.386 e. The Morgan fingerprint density at radius 2 is 2.12 bits per heavy atom. The quantitative estimate of drug-likeness (QED) is 0.918. The Morgan fingerprint density at radius 3 is 2.65 bits per heavy atom. The highest BCUT2D eigenvalue weighted by Crippen LogP contribution is 2.29. The maximum absolute atomic E-state index is 10.1. The van der Waals surface area contributed by atoms with Gasteiger partial charge in [0.05, 0.1) is 10.7 Å². The predicted molar refractivity (Wildman–Crippen MR) is 73.8 cm³/mol. The molecule has 0 amide bonds. The van der Waals surface area contributed by atoms with E-state index < -0.39 is 6.10 Å². The van der Waals surface area contributed by atoms with Crippen LogP contribution in [0.15, 0.2) is 22.9 Å². The van der Waals surface area contributed by atoms with Gasteiger partial charge >= 0.3 is 0 Å². The van der Waals surface area contributed by atoms with Crippen LogP contribution >= 0.6 is 22.7 Å². The van der Waals surface area contributed by atoms with Crippen LogP contribution in [0.5, 0.6) is 0 Å². The van der Waals surface area contributed by atoms with Crippen LogP contribution in [0.1, 0.15) is 42.5 Å². The van der Waals surface area contributed by atoms with Crippen molar-refractivity contribution in [1.82, 2.24) is 4.98 Å². The summed E-state index contributed by atoms with van der Waals surface area (Å²) in [6, 6.07) is 4.05. The Balaban J connectivity index is 2.10. The third-order valence-corrected chi connectivity index (χ3v) is 4.66. The van der Waals surface area contributed by atoms with E-state index in [4.69, 9.17) is 0 Å². The molecule has 92 valence electrons. The minimum absolute atomic E-state index is 0.0611. The monoisotopic (exact) mass is 267 g/mol. The van der Waals surface area contributed by atoms with Crippen LogP contribution in [0, 0.1) is 0 Å². The molecule has 0 aliphatic carbocycles. The van der Waals surface area contributed by atoms with Crippen molar-refractivity contribution in [2.75, 3.05) is 0 Å². The number of hydrogen-bond acceptors (Lipinski definition) is 4. The lowest BCUT2D eigenvalue weighted by atomic mass is 9.98. The van der Waals surface area contributed by atoms with Crippen molar-refractivity contribution < 1.29 is 5.11 Å². The molecule has 0 spiro atoms. The van der Waals surface area contributed by atoms with Crippen molar-refractivity contribution in [2.24, 2.45) is 0 Å². The normalized spacial score (nSPS) is 13.9. The molecular weight excluding hydrogens is 250 g/mol. The van der Waals surface area contributed by atoms with E-state index in [0.717, 1.165) is 10.7 Å². The van der Waals surface area contributed by atoms with Gasteiger partial charge in [0.15, 0.2) is 0 Å². The minimum atomic E-state index is -0.485. The largest absolute Gasteiger partial charge is 0.386 e. The second-order valence-corrected chi connectivity index (χ2v) is 7.02. The molecule has 0 saturated heterocycles. The van der Waals surface area contributed by atoms with E-state index in [-0.39, 0.29) is 5.41 Å². The Bertz CT molecular complexity index is 468. The predicted octanol–water partition coefficient (Wildman–Crippen LogP) is 3.78. The molecule has 2 nitrogen and oxygen atoms in total. The first-order valence-electron chi connectivity index (χ1n) is 5.63. The van der Waals surface area contributed by atoms with Crippen LogP contribution in [-0.4, -0.2) is 10.1 Å². The van der Waals surface area contributed by atoms with Crippen LogP contribution in [0.4, 0.5) is 0 Å². The Labute approximate surface area is 110 Å². The maximum atomic E-state index is 10.1. The molecule has 1 unspecified atom stereocenters.